The number of anilines is 1. The van der Waals surface area contributed by atoms with Crippen LogP contribution in [0.4, 0.5) is 5.00 Å². The van der Waals surface area contributed by atoms with Gasteiger partial charge < -0.3 is 10.1 Å². The number of ether oxygens (including phenoxy) is 1. The molecule has 0 aliphatic rings. The highest BCUT2D eigenvalue weighted by molar-refractivity contribution is 7.17. The first-order valence-electron chi connectivity index (χ1n) is 9.20. The van der Waals surface area contributed by atoms with E-state index in [1.54, 1.807) is 43.3 Å². The third-order valence-electron chi connectivity index (χ3n) is 4.21. The molecule has 0 fully saturated rings. The first-order valence-corrected chi connectivity index (χ1v) is 10.8. The molecule has 0 saturated heterocycles. The lowest BCUT2D eigenvalue weighted by Crippen LogP contribution is -2.12. The van der Waals surface area contributed by atoms with Gasteiger partial charge in [-0.2, -0.15) is 0 Å². The summed E-state index contributed by atoms with van der Waals surface area (Å²) in [6.07, 6.45) is 3.06. The number of halogens is 2. The van der Waals surface area contributed by atoms with E-state index in [2.05, 4.69) is 5.32 Å². The summed E-state index contributed by atoms with van der Waals surface area (Å²) in [5, 5.41) is 4.44. The van der Waals surface area contributed by atoms with Gasteiger partial charge in [0, 0.05) is 26.6 Å². The number of nitrogens with one attached hydrogen (secondary N) is 1. The van der Waals surface area contributed by atoms with Crippen molar-refractivity contribution in [3.05, 3.63) is 80.7 Å². The van der Waals surface area contributed by atoms with Crippen molar-refractivity contribution in [2.24, 2.45) is 0 Å². The van der Waals surface area contributed by atoms with Crippen molar-refractivity contribution in [3.8, 4) is 11.1 Å². The number of aryl methyl sites for hydroxylation is 1. The lowest BCUT2D eigenvalue weighted by Gasteiger charge is -2.08. The first kappa shape index (κ1) is 22.1. The molecule has 0 aliphatic carbocycles. The van der Waals surface area contributed by atoms with Crippen LogP contribution in [0.5, 0.6) is 0 Å². The smallest absolute Gasteiger partial charge is 0.341 e. The highest BCUT2D eigenvalue weighted by Gasteiger charge is 2.25. The molecular formula is C23H19Cl2NO3S. The molecule has 4 nitrogen and oxygen atoms in total. The Bertz CT molecular complexity index is 1100. The topological polar surface area (TPSA) is 55.4 Å². The molecule has 0 saturated carbocycles. The molecule has 0 bridgehead atoms. The average molecular weight is 460 g/mol. The molecule has 3 rings (SSSR count). The summed E-state index contributed by atoms with van der Waals surface area (Å²) in [4.78, 5) is 26.1. The van der Waals surface area contributed by atoms with Crippen molar-refractivity contribution in [1.29, 1.82) is 0 Å². The number of benzene rings is 2. The van der Waals surface area contributed by atoms with Crippen LogP contribution < -0.4 is 5.32 Å². The fourth-order valence-corrected chi connectivity index (χ4v) is 4.32. The van der Waals surface area contributed by atoms with Gasteiger partial charge in [0.25, 0.3) is 0 Å². The summed E-state index contributed by atoms with van der Waals surface area (Å²) in [5.74, 6) is -0.842. The number of rotatable bonds is 6. The molecule has 0 aliphatic heterocycles. The quantitative estimate of drug-likeness (QED) is 0.323. The Morgan fingerprint density at radius 2 is 1.83 bits per heavy atom. The lowest BCUT2D eigenvalue weighted by atomic mass is 10.0. The predicted octanol–water partition coefficient (Wildman–Crippen LogP) is 6.86. The van der Waals surface area contributed by atoms with E-state index in [-0.39, 0.29) is 12.5 Å². The van der Waals surface area contributed by atoms with Crippen molar-refractivity contribution < 1.29 is 14.3 Å². The lowest BCUT2D eigenvalue weighted by molar-refractivity contribution is -0.111. The standard InChI is InChI=1S/C23H19Cl2NO3S/c1-3-29-23(28)21-20(16-8-10-17(24)11-9-16)14(2)30-22(21)26-19(27)12-7-15-5-4-6-18(25)13-15/h4-13H,3H2,1-2H3,(H,26,27). The summed E-state index contributed by atoms with van der Waals surface area (Å²) in [6.45, 7) is 3.87. The molecule has 0 atom stereocenters. The Kier molecular flexibility index (Phi) is 7.32. The van der Waals surface area contributed by atoms with Crippen molar-refractivity contribution >= 4 is 57.5 Å². The molecule has 1 amide bonds. The van der Waals surface area contributed by atoms with Gasteiger partial charge in [-0.25, -0.2) is 4.79 Å². The molecule has 0 spiro atoms. The molecule has 0 radical (unpaired) electrons. The van der Waals surface area contributed by atoms with Crippen molar-refractivity contribution in [3.63, 3.8) is 0 Å². The van der Waals surface area contributed by atoms with Gasteiger partial charge >= 0.3 is 5.97 Å². The predicted molar refractivity (Wildman–Crippen MR) is 125 cm³/mol. The van der Waals surface area contributed by atoms with Crippen LogP contribution in [0.15, 0.2) is 54.6 Å². The molecule has 1 heterocycles. The van der Waals surface area contributed by atoms with Crippen LogP contribution in [-0.4, -0.2) is 18.5 Å². The number of hydrogen-bond acceptors (Lipinski definition) is 4. The van der Waals surface area contributed by atoms with Gasteiger partial charge in [-0.05, 0) is 55.3 Å². The molecule has 0 unspecified atom stereocenters. The second kappa shape index (κ2) is 9.94. The maximum Gasteiger partial charge on any atom is 0.341 e. The number of esters is 1. The van der Waals surface area contributed by atoms with Crippen LogP contribution in [0.2, 0.25) is 10.0 Å². The summed E-state index contributed by atoms with van der Waals surface area (Å²) in [5.41, 5.74) is 2.69. The second-order valence-electron chi connectivity index (χ2n) is 6.34. The van der Waals surface area contributed by atoms with Gasteiger partial charge in [-0.15, -0.1) is 11.3 Å². The van der Waals surface area contributed by atoms with Crippen LogP contribution in [-0.2, 0) is 9.53 Å². The van der Waals surface area contributed by atoms with Crippen molar-refractivity contribution in [2.75, 3.05) is 11.9 Å². The zero-order valence-electron chi connectivity index (χ0n) is 16.4. The minimum absolute atomic E-state index is 0.232. The largest absolute Gasteiger partial charge is 0.462 e. The number of thiophene rings is 1. The molecule has 2 aromatic carbocycles. The molecular weight excluding hydrogens is 441 g/mol. The van der Waals surface area contributed by atoms with Crippen LogP contribution in [0.1, 0.15) is 27.7 Å². The van der Waals surface area contributed by atoms with Gasteiger partial charge in [0.15, 0.2) is 0 Å². The van der Waals surface area contributed by atoms with E-state index >= 15 is 0 Å². The summed E-state index contributed by atoms with van der Waals surface area (Å²) in [6, 6.07) is 14.4. The number of carbonyl (C=O) groups is 2. The maximum absolute atomic E-state index is 12.7. The SMILES string of the molecule is CCOC(=O)c1c(NC(=O)C=Cc2cccc(Cl)c2)sc(C)c1-c1ccc(Cl)cc1. The van der Waals surface area contributed by atoms with Crippen LogP contribution >= 0.6 is 34.5 Å². The minimum Gasteiger partial charge on any atom is -0.462 e. The summed E-state index contributed by atoms with van der Waals surface area (Å²) < 4.78 is 5.25. The monoisotopic (exact) mass is 459 g/mol. The number of amides is 1. The fourth-order valence-electron chi connectivity index (χ4n) is 2.93. The van der Waals surface area contributed by atoms with Gasteiger partial charge in [0.1, 0.15) is 10.6 Å². The molecule has 30 heavy (non-hydrogen) atoms. The van der Waals surface area contributed by atoms with Gasteiger partial charge in [-0.1, -0.05) is 47.5 Å². The normalized spacial score (nSPS) is 10.9. The Balaban J connectivity index is 1.93. The van der Waals surface area contributed by atoms with Crippen LogP contribution in [0, 0.1) is 6.92 Å². The van der Waals surface area contributed by atoms with E-state index in [9.17, 15) is 9.59 Å². The Morgan fingerprint density at radius 3 is 2.50 bits per heavy atom. The average Bonchev–Trinajstić information content (AvgIpc) is 3.03. The third kappa shape index (κ3) is 5.30. The minimum atomic E-state index is -0.485. The highest BCUT2D eigenvalue weighted by atomic mass is 35.5. The van der Waals surface area contributed by atoms with E-state index in [0.717, 1.165) is 21.6 Å². The Morgan fingerprint density at radius 1 is 1.10 bits per heavy atom. The number of hydrogen-bond donors (Lipinski definition) is 1. The van der Waals surface area contributed by atoms with E-state index in [4.69, 9.17) is 27.9 Å². The highest BCUT2D eigenvalue weighted by Crippen LogP contribution is 2.40. The van der Waals surface area contributed by atoms with E-state index in [1.165, 1.54) is 17.4 Å². The Hall–Kier alpha value is -2.60. The van der Waals surface area contributed by atoms with Gasteiger partial charge in [0.05, 0.1) is 6.61 Å². The summed E-state index contributed by atoms with van der Waals surface area (Å²) in [7, 11) is 0. The molecule has 1 aromatic heterocycles. The molecule has 7 heteroatoms. The fraction of sp³-hybridized carbons (Fsp3) is 0.130. The van der Waals surface area contributed by atoms with Crippen molar-refractivity contribution in [2.45, 2.75) is 13.8 Å². The first-order chi connectivity index (χ1) is 14.4. The van der Waals surface area contributed by atoms with E-state index in [1.807, 2.05) is 25.1 Å². The molecule has 154 valence electrons. The van der Waals surface area contributed by atoms with Gasteiger partial charge in [0.2, 0.25) is 5.91 Å². The molecule has 3 aromatic rings. The summed E-state index contributed by atoms with van der Waals surface area (Å²) >= 11 is 13.3. The molecule has 1 N–H and O–H groups in total. The Labute approximate surface area is 189 Å². The third-order valence-corrected chi connectivity index (χ3v) is 5.72. The maximum atomic E-state index is 12.7. The number of carbonyl (C=O) groups excluding carboxylic acids is 2. The van der Waals surface area contributed by atoms with E-state index < -0.39 is 5.97 Å². The van der Waals surface area contributed by atoms with E-state index in [0.29, 0.717) is 20.6 Å². The van der Waals surface area contributed by atoms with Crippen LogP contribution in [0.25, 0.3) is 17.2 Å². The van der Waals surface area contributed by atoms with Crippen molar-refractivity contribution in [1.82, 2.24) is 0 Å². The zero-order chi connectivity index (χ0) is 21.7. The van der Waals surface area contributed by atoms with Crippen LogP contribution in [0.3, 0.4) is 0 Å². The second-order valence-corrected chi connectivity index (χ2v) is 8.44. The zero-order valence-corrected chi connectivity index (χ0v) is 18.7. The van der Waals surface area contributed by atoms with Gasteiger partial charge in [-0.3, -0.25) is 4.79 Å².